The van der Waals surface area contributed by atoms with E-state index in [9.17, 15) is 4.79 Å². The number of carbonyl (C=O) groups excluding carboxylic acids is 1. The standard InChI is InChI=1S/C18H22N6O3/c1-13(25)20-14-3-2-4-15(11-14)21-16-12-19-23-17(22-16)24-7-5-18(6-8-24)26-9-10-27-18/h2-4,11-12H,5-10H2,1H3,(H,20,25)(H,21,22,23). The first-order chi connectivity index (χ1) is 13.1. The Balaban J connectivity index is 1.43. The van der Waals surface area contributed by atoms with E-state index in [0.717, 1.165) is 31.6 Å². The number of anilines is 4. The Morgan fingerprint density at radius 2 is 1.93 bits per heavy atom. The van der Waals surface area contributed by atoms with Crippen LogP contribution in [0.25, 0.3) is 0 Å². The van der Waals surface area contributed by atoms with E-state index in [0.29, 0.717) is 30.7 Å². The summed E-state index contributed by atoms with van der Waals surface area (Å²) in [6.45, 7) is 4.31. The van der Waals surface area contributed by atoms with Gasteiger partial charge in [0.1, 0.15) is 0 Å². The molecule has 1 spiro atoms. The third-order valence-electron chi connectivity index (χ3n) is 4.62. The minimum absolute atomic E-state index is 0.115. The monoisotopic (exact) mass is 370 g/mol. The smallest absolute Gasteiger partial charge is 0.247 e. The molecule has 2 fully saturated rings. The van der Waals surface area contributed by atoms with E-state index in [1.54, 1.807) is 6.20 Å². The third kappa shape index (κ3) is 4.15. The van der Waals surface area contributed by atoms with Gasteiger partial charge in [-0.25, -0.2) is 0 Å². The van der Waals surface area contributed by atoms with Crippen molar-refractivity contribution in [3.63, 3.8) is 0 Å². The van der Waals surface area contributed by atoms with Gasteiger partial charge in [-0.05, 0) is 18.2 Å². The summed E-state index contributed by atoms with van der Waals surface area (Å²) in [5, 5.41) is 14.2. The van der Waals surface area contributed by atoms with Gasteiger partial charge in [-0.15, -0.1) is 5.10 Å². The highest BCUT2D eigenvalue weighted by Gasteiger charge is 2.40. The average molecular weight is 370 g/mol. The van der Waals surface area contributed by atoms with Crippen molar-refractivity contribution < 1.29 is 14.3 Å². The summed E-state index contributed by atoms with van der Waals surface area (Å²) in [5.74, 6) is 0.625. The van der Waals surface area contributed by atoms with Crippen molar-refractivity contribution in [2.75, 3.05) is 41.8 Å². The van der Waals surface area contributed by atoms with Crippen LogP contribution in [-0.2, 0) is 14.3 Å². The summed E-state index contributed by atoms with van der Waals surface area (Å²) in [5.41, 5.74) is 1.52. The quantitative estimate of drug-likeness (QED) is 0.842. The predicted octanol–water partition coefficient (Wildman–Crippen LogP) is 1.92. The Morgan fingerprint density at radius 1 is 1.19 bits per heavy atom. The van der Waals surface area contributed by atoms with Crippen molar-refractivity contribution >= 4 is 29.0 Å². The molecule has 2 aliphatic rings. The molecule has 2 N–H and O–H groups in total. The van der Waals surface area contributed by atoms with Crippen LogP contribution in [0.4, 0.5) is 23.1 Å². The van der Waals surface area contributed by atoms with E-state index < -0.39 is 5.79 Å². The second-order valence-corrected chi connectivity index (χ2v) is 6.62. The predicted molar refractivity (Wildman–Crippen MR) is 99.9 cm³/mol. The van der Waals surface area contributed by atoms with E-state index in [4.69, 9.17) is 9.47 Å². The molecule has 142 valence electrons. The van der Waals surface area contributed by atoms with Crippen molar-refractivity contribution in [3.8, 4) is 0 Å². The molecule has 1 aromatic heterocycles. The van der Waals surface area contributed by atoms with Gasteiger partial charge in [-0.1, -0.05) is 6.07 Å². The van der Waals surface area contributed by atoms with Gasteiger partial charge in [0.15, 0.2) is 11.6 Å². The van der Waals surface area contributed by atoms with Crippen molar-refractivity contribution in [1.82, 2.24) is 15.2 Å². The molecule has 0 saturated carbocycles. The topological polar surface area (TPSA) is 102 Å². The molecule has 27 heavy (non-hydrogen) atoms. The van der Waals surface area contributed by atoms with Crippen molar-refractivity contribution in [1.29, 1.82) is 0 Å². The molecule has 4 rings (SSSR count). The van der Waals surface area contributed by atoms with Crippen LogP contribution < -0.4 is 15.5 Å². The number of ether oxygens (including phenoxy) is 2. The van der Waals surface area contributed by atoms with Crippen molar-refractivity contribution in [2.24, 2.45) is 0 Å². The summed E-state index contributed by atoms with van der Waals surface area (Å²) < 4.78 is 11.5. The number of nitrogens with zero attached hydrogens (tertiary/aromatic N) is 4. The Hall–Kier alpha value is -2.78. The molecule has 0 bridgehead atoms. The van der Waals surface area contributed by atoms with Crippen LogP contribution in [0.15, 0.2) is 30.5 Å². The molecule has 2 aromatic rings. The molecule has 0 unspecified atom stereocenters. The maximum absolute atomic E-state index is 11.2. The first-order valence-corrected chi connectivity index (χ1v) is 8.99. The molecule has 0 atom stereocenters. The van der Waals surface area contributed by atoms with Gasteiger partial charge in [0, 0.05) is 44.2 Å². The third-order valence-corrected chi connectivity index (χ3v) is 4.62. The number of rotatable bonds is 4. The zero-order valence-corrected chi connectivity index (χ0v) is 15.1. The molecule has 3 heterocycles. The number of amides is 1. The number of piperidine rings is 1. The minimum atomic E-state index is -0.427. The second kappa shape index (κ2) is 7.45. The van der Waals surface area contributed by atoms with Gasteiger partial charge in [0.25, 0.3) is 0 Å². The zero-order valence-electron chi connectivity index (χ0n) is 15.1. The summed E-state index contributed by atoms with van der Waals surface area (Å²) in [6, 6.07) is 7.41. The van der Waals surface area contributed by atoms with E-state index in [1.165, 1.54) is 6.92 Å². The first-order valence-electron chi connectivity index (χ1n) is 8.99. The Labute approximate surface area is 157 Å². The van der Waals surface area contributed by atoms with Gasteiger partial charge in [-0.3, -0.25) is 4.79 Å². The summed E-state index contributed by atoms with van der Waals surface area (Å²) in [4.78, 5) is 17.9. The number of aromatic nitrogens is 3. The Kier molecular flexibility index (Phi) is 4.87. The molecule has 9 heteroatoms. The Bertz CT molecular complexity index is 814. The van der Waals surface area contributed by atoms with E-state index >= 15 is 0 Å². The van der Waals surface area contributed by atoms with E-state index in [2.05, 4.69) is 30.7 Å². The number of benzene rings is 1. The van der Waals surface area contributed by atoms with Crippen LogP contribution in [0.2, 0.25) is 0 Å². The zero-order chi connectivity index (χ0) is 18.7. The molecule has 9 nitrogen and oxygen atoms in total. The van der Waals surface area contributed by atoms with Crippen LogP contribution in [0.5, 0.6) is 0 Å². The number of hydrogen-bond donors (Lipinski definition) is 2. The number of hydrogen-bond acceptors (Lipinski definition) is 8. The lowest BCUT2D eigenvalue weighted by Gasteiger charge is -2.37. The largest absolute Gasteiger partial charge is 0.347 e. The summed E-state index contributed by atoms with van der Waals surface area (Å²) in [7, 11) is 0. The molecule has 0 radical (unpaired) electrons. The van der Waals surface area contributed by atoms with E-state index in [1.807, 2.05) is 24.3 Å². The van der Waals surface area contributed by atoms with Crippen LogP contribution in [-0.4, -0.2) is 53.2 Å². The average Bonchev–Trinajstić information content (AvgIpc) is 3.10. The normalized spacial score (nSPS) is 18.5. The van der Waals surface area contributed by atoms with Gasteiger partial charge in [0.05, 0.1) is 19.4 Å². The van der Waals surface area contributed by atoms with Crippen LogP contribution in [0, 0.1) is 0 Å². The fourth-order valence-corrected chi connectivity index (χ4v) is 3.35. The minimum Gasteiger partial charge on any atom is -0.347 e. The van der Waals surface area contributed by atoms with Gasteiger partial charge >= 0.3 is 0 Å². The van der Waals surface area contributed by atoms with Crippen LogP contribution in [0.1, 0.15) is 19.8 Å². The van der Waals surface area contributed by atoms with Crippen molar-refractivity contribution in [2.45, 2.75) is 25.6 Å². The first kappa shape index (κ1) is 17.6. The van der Waals surface area contributed by atoms with Gasteiger partial charge in [0.2, 0.25) is 11.9 Å². The summed E-state index contributed by atoms with van der Waals surface area (Å²) >= 11 is 0. The highest BCUT2D eigenvalue weighted by molar-refractivity contribution is 5.89. The van der Waals surface area contributed by atoms with Gasteiger partial charge < -0.3 is 25.0 Å². The van der Waals surface area contributed by atoms with Gasteiger partial charge in [-0.2, -0.15) is 10.1 Å². The lowest BCUT2D eigenvalue weighted by atomic mass is 10.0. The van der Waals surface area contributed by atoms with Crippen LogP contribution in [0.3, 0.4) is 0 Å². The maximum Gasteiger partial charge on any atom is 0.247 e. The summed E-state index contributed by atoms with van der Waals surface area (Å²) in [6.07, 6.45) is 3.14. The lowest BCUT2D eigenvalue weighted by molar-refractivity contribution is -0.169. The fourth-order valence-electron chi connectivity index (χ4n) is 3.35. The number of carbonyl (C=O) groups is 1. The Morgan fingerprint density at radius 3 is 2.67 bits per heavy atom. The van der Waals surface area contributed by atoms with E-state index in [-0.39, 0.29) is 5.91 Å². The maximum atomic E-state index is 11.2. The SMILES string of the molecule is CC(=O)Nc1cccc(Nc2cnnc(N3CCC4(CC3)OCCO4)n2)c1. The lowest BCUT2D eigenvalue weighted by Crippen LogP contribution is -2.45. The molecule has 1 aromatic carbocycles. The van der Waals surface area contributed by atoms with Crippen LogP contribution >= 0.6 is 0 Å². The highest BCUT2D eigenvalue weighted by atomic mass is 16.7. The molecular formula is C18H22N6O3. The second-order valence-electron chi connectivity index (χ2n) is 6.62. The molecule has 2 saturated heterocycles. The molecule has 2 aliphatic heterocycles. The van der Waals surface area contributed by atoms with Crippen molar-refractivity contribution in [3.05, 3.63) is 30.5 Å². The fraction of sp³-hybridized carbons (Fsp3) is 0.444. The molecule has 1 amide bonds. The number of nitrogens with one attached hydrogen (secondary N) is 2. The molecular weight excluding hydrogens is 348 g/mol. The molecule has 0 aliphatic carbocycles. The highest BCUT2D eigenvalue weighted by Crippen LogP contribution is 2.32.